The van der Waals surface area contributed by atoms with E-state index in [9.17, 15) is 0 Å². The third-order valence-electron chi connectivity index (χ3n) is 5.12. The molecule has 6 nitrogen and oxygen atoms in total. The molecule has 3 aromatic rings. The van der Waals surface area contributed by atoms with Gasteiger partial charge in [0.05, 0.1) is 0 Å². The van der Waals surface area contributed by atoms with Gasteiger partial charge in [-0.1, -0.05) is 0 Å². The van der Waals surface area contributed by atoms with Crippen molar-refractivity contribution in [2.24, 2.45) is 5.73 Å². The number of pyridine rings is 2. The number of nitrogens with one attached hydrogen (secondary N) is 2. The Morgan fingerprint density at radius 2 is 2.11 bits per heavy atom. The van der Waals surface area contributed by atoms with Crippen molar-refractivity contribution in [3.8, 4) is 11.1 Å². The van der Waals surface area contributed by atoms with Crippen LogP contribution >= 0.6 is 0 Å². The van der Waals surface area contributed by atoms with Crippen molar-refractivity contribution >= 4 is 28.4 Å². The Hall–Kier alpha value is -3.25. The molecule has 1 aliphatic rings. The first-order valence-corrected chi connectivity index (χ1v) is 9.01. The van der Waals surface area contributed by atoms with Gasteiger partial charge < -0.3 is 22.2 Å². The van der Waals surface area contributed by atoms with E-state index in [1.165, 1.54) is 29.8 Å². The van der Waals surface area contributed by atoms with E-state index in [1.54, 1.807) is 6.20 Å². The predicted molar refractivity (Wildman–Crippen MR) is 110 cm³/mol. The second-order valence-corrected chi connectivity index (χ2v) is 6.73. The lowest BCUT2D eigenvalue weighted by atomic mass is 9.93. The van der Waals surface area contributed by atoms with Crippen LogP contribution in [0.25, 0.3) is 27.5 Å². The van der Waals surface area contributed by atoms with Crippen molar-refractivity contribution in [2.45, 2.75) is 18.9 Å². The van der Waals surface area contributed by atoms with Gasteiger partial charge in [-0.2, -0.15) is 0 Å². The van der Waals surface area contributed by atoms with E-state index in [2.05, 4.69) is 27.4 Å². The Balaban J connectivity index is 1.89. The maximum Gasteiger partial charge on any atom is 0.131 e. The summed E-state index contributed by atoms with van der Waals surface area (Å²) in [6.45, 7) is 1.04. The Labute approximate surface area is 157 Å². The van der Waals surface area contributed by atoms with Crippen molar-refractivity contribution in [3.05, 3.63) is 60.2 Å². The number of allylic oxidation sites excluding steroid dienone is 1. The van der Waals surface area contributed by atoms with Crippen LogP contribution in [0.4, 0.5) is 5.82 Å². The molecule has 1 aromatic carbocycles. The molecular weight excluding hydrogens is 336 g/mol. The highest BCUT2D eigenvalue weighted by Crippen LogP contribution is 2.35. The Morgan fingerprint density at radius 1 is 1.22 bits per heavy atom. The van der Waals surface area contributed by atoms with E-state index in [0.717, 1.165) is 29.5 Å². The van der Waals surface area contributed by atoms with E-state index >= 15 is 0 Å². The molecule has 4 rings (SSSR count). The second-order valence-electron chi connectivity index (χ2n) is 6.73. The molecule has 0 amide bonds. The van der Waals surface area contributed by atoms with E-state index in [4.69, 9.17) is 16.9 Å². The summed E-state index contributed by atoms with van der Waals surface area (Å²) in [4.78, 5) is 8.65. The largest absolute Gasteiger partial charge is 0.404 e. The number of nitrogens with zero attached hydrogens (tertiary/aromatic N) is 2. The zero-order valence-electron chi connectivity index (χ0n) is 14.9. The number of nitrogens with two attached hydrogens (primary N) is 2. The normalized spacial score (nSPS) is 17.3. The fraction of sp³-hybridized carbons (Fsp3) is 0.190. The molecule has 1 atom stereocenters. The molecule has 2 aromatic heterocycles. The van der Waals surface area contributed by atoms with Gasteiger partial charge >= 0.3 is 0 Å². The topological polar surface area (TPSA) is 114 Å². The number of aromatic nitrogens is 2. The second kappa shape index (κ2) is 7.17. The van der Waals surface area contributed by atoms with Crippen LogP contribution in [-0.4, -0.2) is 22.7 Å². The summed E-state index contributed by atoms with van der Waals surface area (Å²) >= 11 is 0. The van der Waals surface area contributed by atoms with E-state index < -0.39 is 0 Å². The van der Waals surface area contributed by atoms with Crippen LogP contribution in [0.3, 0.4) is 0 Å². The fourth-order valence-corrected chi connectivity index (χ4v) is 3.71. The van der Waals surface area contributed by atoms with Crippen LogP contribution in [0.5, 0.6) is 0 Å². The molecule has 0 saturated carbocycles. The first-order valence-electron chi connectivity index (χ1n) is 9.01. The SMILES string of the molecule is N=C/C(=C\N)c1cc(-c2cc([C@@H]3CCCN3)c3cnccc3c2)cnc1N. The summed E-state index contributed by atoms with van der Waals surface area (Å²) < 4.78 is 0. The molecule has 0 aliphatic carbocycles. The summed E-state index contributed by atoms with van der Waals surface area (Å²) in [5, 5.41) is 13.5. The highest BCUT2D eigenvalue weighted by Gasteiger charge is 2.20. The third kappa shape index (κ3) is 3.15. The monoisotopic (exact) mass is 358 g/mol. The average molecular weight is 358 g/mol. The first-order chi connectivity index (χ1) is 13.2. The Bertz CT molecular complexity index is 1030. The standard InChI is InChI=1S/C21H22N6/c22-9-16(10-23)17-8-15(11-27-21(17)24)14-6-13-3-5-25-12-19(13)18(7-14)20-2-1-4-26-20/h3,5-12,20,22,26H,1-2,4,23H2,(H2,24,27)/b16-10+,22-9?/t20-/m0/s1. The smallest absolute Gasteiger partial charge is 0.131 e. The highest BCUT2D eigenvalue weighted by atomic mass is 14.9. The van der Waals surface area contributed by atoms with Crippen molar-refractivity contribution in [3.63, 3.8) is 0 Å². The highest BCUT2D eigenvalue weighted by molar-refractivity contribution is 6.10. The van der Waals surface area contributed by atoms with Gasteiger partial charge in [-0.3, -0.25) is 4.98 Å². The molecule has 1 saturated heterocycles. The minimum Gasteiger partial charge on any atom is -0.404 e. The molecule has 1 aliphatic heterocycles. The summed E-state index contributed by atoms with van der Waals surface area (Å²) in [6, 6.07) is 8.66. The van der Waals surface area contributed by atoms with E-state index in [0.29, 0.717) is 23.0 Å². The van der Waals surface area contributed by atoms with Gasteiger partial charge in [0.15, 0.2) is 0 Å². The quantitative estimate of drug-likeness (QED) is 0.535. The van der Waals surface area contributed by atoms with Crippen LogP contribution in [-0.2, 0) is 0 Å². The molecule has 0 radical (unpaired) electrons. The number of nitrogen functional groups attached to an aromatic ring is 1. The van der Waals surface area contributed by atoms with Gasteiger partial charge in [-0.05, 0) is 60.2 Å². The molecule has 0 bridgehead atoms. The first kappa shape index (κ1) is 17.2. The van der Waals surface area contributed by atoms with Crippen LogP contribution in [0.2, 0.25) is 0 Å². The zero-order chi connectivity index (χ0) is 18.8. The lowest BCUT2D eigenvalue weighted by Gasteiger charge is -2.16. The number of rotatable bonds is 4. The molecule has 3 heterocycles. The zero-order valence-corrected chi connectivity index (χ0v) is 14.9. The van der Waals surface area contributed by atoms with Crippen molar-refractivity contribution < 1.29 is 0 Å². The van der Waals surface area contributed by atoms with Gasteiger partial charge in [-0.25, -0.2) is 4.98 Å². The molecule has 6 N–H and O–H groups in total. The number of fused-ring (bicyclic) bond motifs is 1. The fourth-order valence-electron chi connectivity index (χ4n) is 3.71. The molecule has 6 heteroatoms. The lowest BCUT2D eigenvalue weighted by molar-refractivity contribution is 0.653. The minimum absolute atomic E-state index is 0.332. The minimum atomic E-state index is 0.332. The van der Waals surface area contributed by atoms with Gasteiger partial charge in [0, 0.05) is 59.1 Å². The van der Waals surface area contributed by atoms with Crippen LogP contribution in [0, 0.1) is 5.41 Å². The average Bonchev–Trinajstić information content (AvgIpc) is 3.24. The molecular formula is C21H22N6. The lowest BCUT2D eigenvalue weighted by Crippen LogP contribution is -2.13. The van der Waals surface area contributed by atoms with E-state index in [1.807, 2.05) is 24.5 Å². The third-order valence-corrected chi connectivity index (χ3v) is 5.12. The summed E-state index contributed by atoms with van der Waals surface area (Å²) in [5.41, 5.74) is 16.1. The molecule has 136 valence electrons. The van der Waals surface area contributed by atoms with Crippen LogP contribution < -0.4 is 16.8 Å². The molecule has 0 spiro atoms. The van der Waals surface area contributed by atoms with Crippen LogP contribution in [0.1, 0.15) is 30.0 Å². The maximum absolute atomic E-state index is 7.55. The summed E-state index contributed by atoms with van der Waals surface area (Å²) in [6.07, 6.45) is 10.4. The predicted octanol–water partition coefficient (Wildman–Crippen LogP) is 3.25. The van der Waals surface area contributed by atoms with Gasteiger partial charge in [0.25, 0.3) is 0 Å². The van der Waals surface area contributed by atoms with Gasteiger partial charge in [0.2, 0.25) is 0 Å². The molecule has 1 fully saturated rings. The molecule has 27 heavy (non-hydrogen) atoms. The van der Waals surface area contributed by atoms with Crippen LogP contribution in [0.15, 0.2) is 49.1 Å². The number of anilines is 1. The van der Waals surface area contributed by atoms with Gasteiger partial charge in [0.1, 0.15) is 5.82 Å². The van der Waals surface area contributed by atoms with Gasteiger partial charge in [-0.15, -0.1) is 0 Å². The summed E-state index contributed by atoms with van der Waals surface area (Å²) in [5.74, 6) is 0.363. The Morgan fingerprint density at radius 3 is 2.85 bits per heavy atom. The number of hydrogen-bond acceptors (Lipinski definition) is 6. The molecule has 0 unspecified atom stereocenters. The number of benzene rings is 1. The summed E-state index contributed by atoms with van der Waals surface area (Å²) in [7, 11) is 0. The van der Waals surface area contributed by atoms with Crippen molar-refractivity contribution in [1.29, 1.82) is 5.41 Å². The maximum atomic E-state index is 7.55. The number of hydrogen-bond donors (Lipinski definition) is 4. The van der Waals surface area contributed by atoms with E-state index in [-0.39, 0.29) is 0 Å². The Kier molecular flexibility index (Phi) is 4.56. The van der Waals surface area contributed by atoms with Crippen molar-refractivity contribution in [2.75, 3.05) is 12.3 Å². The van der Waals surface area contributed by atoms with Crippen molar-refractivity contribution in [1.82, 2.24) is 15.3 Å².